The number of aromatic amines is 1. The standard InChI is InChI=1S/C22H23NO/c1-14-12-16-8-10-17(13-20(16)23-21(14)24)22(2,3)19-11-9-15-6-4-5-7-18(15)19/h4-8,10,12-13,19H,9,11H2,1-3H3,(H,23,24)/t19-/m1/s1. The third-order valence-electron chi connectivity index (χ3n) is 5.78. The summed E-state index contributed by atoms with van der Waals surface area (Å²) < 4.78 is 0. The van der Waals surface area contributed by atoms with Gasteiger partial charge in [-0.2, -0.15) is 0 Å². The Bertz CT molecular complexity index is 981. The van der Waals surface area contributed by atoms with Crippen LogP contribution in [-0.2, 0) is 11.8 Å². The molecule has 0 fully saturated rings. The number of H-pyrrole nitrogens is 1. The molecule has 1 aromatic heterocycles. The van der Waals surface area contributed by atoms with Crippen LogP contribution in [0.15, 0.2) is 53.3 Å². The summed E-state index contributed by atoms with van der Waals surface area (Å²) in [5, 5.41) is 1.10. The largest absolute Gasteiger partial charge is 0.322 e. The van der Waals surface area contributed by atoms with E-state index < -0.39 is 0 Å². The Hall–Kier alpha value is -2.35. The van der Waals surface area contributed by atoms with Gasteiger partial charge >= 0.3 is 0 Å². The predicted molar refractivity (Wildman–Crippen MR) is 99.8 cm³/mol. The average molecular weight is 317 g/mol. The lowest BCUT2D eigenvalue weighted by Crippen LogP contribution is -2.25. The molecule has 0 radical (unpaired) electrons. The van der Waals surface area contributed by atoms with Crippen molar-refractivity contribution >= 4 is 10.9 Å². The molecule has 0 spiro atoms. The lowest BCUT2D eigenvalue weighted by molar-refractivity contribution is 0.409. The van der Waals surface area contributed by atoms with Gasteiger partial charge in [-0.25, -0.2) is 0 Å². The molecule has 3 aromatic rings. The van der Waals surface area contributed by atoms with Crippen molar-refractivity contribution in [2.45, 2.75) is 44.9 Å². The number of nitrogens with one attached hydrogen (secondary N) is 1. The molecule has 0 amide bonds. The highest BCUT2D eigenvalue weighted by molar-refractivity contribution is 5.80. The Kier molecular flexibility index (Phi) is 3.38. The summed E-state index contributed by atoms with van der Waals surface area (Å²) in [4.78, 5) is 15.0. The average Bonchev–Trinajstić information content (AvgIpc) is 3.00. The molecule has 0 unspecified atom stereocenters. The van der Waals surface area contributed by atoms with Gasteiger partial charge < -0.3 is 4.98 Å². The zero-order valence-corrected chi connectivity index (χ0v) is 14.5. The zero-order chi connectivity index (χ0) is 16.9. The number of fused-ring (bicyclic) bond motifs is 2. The number of aromatic nitrogens is 1. The molecule has 1 atom stereocenters. The maximum absolute atomic E-state index is 12.0. The number of aryl methyl sites for hydroxylation is 2. The minimum absolute atomic E-state index is 0.00340. The summed E-state index contributed by atoms with van der Waals surface area (Å²) in [6.45, 7) is 6.51. The summed E-state index contributed by atoms with van der Waals surface area (Å²) in [6.07, 6.45) is 2.35. The van der Waals surface area contributed by atoms with Crippen LogP contribution in [0.1, 0.15) is 48.4 Å². The van der Waals surface area contributed by atoms with Crippen molar-refractivity contribution in [1.82, 2.24) is 4.98 Å². The quantitative estimate of drug-likeness (QED) is 0.720. The van der Waals surface area contributed by atoms with Crippen molar-refractivity contribution < 1.29 is 0 Å². The summed E-state index contributed by atoms with van der Waals surface area (Å²) in [6, 6.07) is 17.3. The van der Waals surface area contributed by atoms with E-state index in [2.05, 4.69) is 61.3 Å². The van der Waals surface area contributed by atoms with Gasteiger partial charge in [0.05, 0.1) is 0 Å². The highest BCUT2D eigenvalue weighted by Gasteiger charge is 2.36. The molecular weight excluding hydrogens is 294 g/mol. The molecule has 1 heterocycles. The van der Waals surface area contributed by atoms with Crippen LogP contribution in [0.25, 0.3) is 10.9 Å². The zero-order valence-electron chi connectivity index (χ0n) is 14.5. The van der Waals surface area contributed by atoms with Gasteiger partial charge in [0.2, 0.25) is 0 Å². The van der Waals surface area contributed by atoms with Crippen LogP contribution in [0.4, 0.5) is 0 Å². The second-order valence-corrected chi connectivity index (χ2v) is 7.60. The Balaban J connectivity index is 1.81. The van der Waals surface area contributed by atoms with Crippen LogP contribution >= 0.6 is 0 Å². The Labute approximate surface area is 142 Å². The van der Waals surface area contributed by atoms with Gasteiger partial charge in [0, 0.05) is 11.1 Å². The van der Waals surface area contributed by atoms with E-state index in [1.165, 1.54) is 23.1 Å². The van der Waals surface area contributed by atoms with Crippen molar-refractivity contribution in [2.24, 2.45) is 0 Å². The van der Waals surface area contributed by atoms with Crippen LogP contribution in [0.3, 0.4) is 0 Å². The molecule has 1 N–H and O–H groups in total. The van der Waals surface area contributed by atoms with Gasteiger partial charge in [-0.05, 0) is 65.3 Å². The van der Waals surface area contributed by atoms with Crippen LogP contribution in [0.2, 0.25) is 0 Å². The first-order valence-electron chi connectivity index (χ1n) is 8.69. The van der Waals surface area contributed by atoms with E-state index in [1.807, 2.05) is 13.0 Å². The van der Waals surface area contributed by atoms with Crippen molar-refractivity contribution in [3.8, 4) is 0 Å². The molecule has 0 saturated carbocycles. The second kappa shape index (κ2) is 5.34. The number of pyridine rings is 1. The number of hydrogen-bond acceptors (Lipinski definition) is 1. The fourth-order valence-electron chi connectivity index (χ4n) is 4.22. The highest BCUT2D eigenvalue weighted by Crippen LogP contribution is 2.46. The van der Waals surface area contributed by atoms with Gasteiger partial charge in [0.25, 0.3) is 5.56 Å². The Morgan fingerprint density at radius 3 is 2.71 bits per heavy atom. The maximum Gasteiger partial charge on any atom is 0.251 e. The van der Waals surface area contributed by atoms with E-state index in [0.29, 0.717) is 5.92 Å². The first-order chi connectivity index (χ1) is 11.5. The van der Waals surface area contributed by atoms with Crippen molar-refractivity contribution in [3.63, 3.8) is 0 Å². The van der Waals surface area contributed by atoms with Gasteiger partial charge in [-0.15, -0.1) is 0 Å². The molecule has 0 aliphatic heterocycles. The molecule has 0 saturated heterocycles. The molecular formula is C22H23NO. The lowest BCUT2D eigenvalue weighted by atomic mass is 9.71. The van der Waals surface area contributed by atoms with Gasteiger partial charge in [-0.3, -0.25) is 4.79 Å². The topological polar surface area (TPSA) is 32.9 Å². The lowest BCUT2D eigenvalue weighted by Gasteiger charge is -2.33. The molecule has 122 valence electrons. The van der Waals surface area contributed by atoms with Crippen LogP contribution in [0, 0.1) is 6.92 Å². The van der Waals surface area contributed by atoms with Crippen LogP contribution < -0.4 is 5.56 Å². The van der Waals surface area contributed by atoms with Crippen LogP contribution in [-0.4, -0.2) is 4.98 Å². The molecule has 4 rings (SSSR count). The molecule has 2 nitrogen and oxygen atoms in total. The third kappa shape index (κ3) is 2.29. The first kappa shape index (κ1) is 15.2. The minimum atomic E-state index is 0.00340. The van der Waals surface area contributed by atoms with E-state index in [0.717, 1.165) is 22.9 Å². The SMILES string of the molecule is Cc1cc2ccc(C(C)(C)[C@@H]3CCc4ccccc43)cc2[nH]c1=O. The molecule has 1 aliphatic carbocycles. The van der Waals surface area contributed by atoms with Crippen LogP contribution in [0.5, 0.6) is 0 Å². The minimum Gasteiger partial charge on any atom is -0.322 e. The van der Waals surface area contributed by atoms with E-state index >= 15 is 0 Å². The fourth-order valence-corrected chi connectivity index (χ4v) is 4.22. The number of rotatable bonds is 2. The normalized spacial score (nSPS) is 17.2. The van der Waals surface area contributed by atoms with Crippen molar-refractivity contribution in [2.75, 3.05) is 0 Å². The summed E-state index contributed by atoms with van der Waals surface area (Å²) >= 11 is 0. The number of benzene rings is 2. The monoisotopic (exact) mass is 317 g/mol. The summed E-state index contributed by atoms with van der Waals surface area (Å²) in [7, 11) is 0. The van der Waals surface area contributed by atoms with Crippen molar-refractivity contribution in [3.05, 3.63) is 81.1 Å². The predicted octanol–water partition coefficient (Wildman–Crippen LogP) is 4.84. The number of hydrogen-bond donors (Lipinski definition) is 1. The molecule has 2 aromatic carbocycles. The van der Waals surface area contributed by atoms with E-state index in [4.69, 9.17) is 0 Å². The fraction of sp³-hybridized carbons (Fsp3) is 0.318. The smallest absolute Gasteiger partial charge is 0.251 e. The molecule has 1 aliphatic rings. The summed E-state index contributed by atoms with van der Waals surface area (Å²) in [5.41, 5.74) is 5.99. The van der Waals surface area contributed by atoms with Gasteiger partial charge in [-0.1, -0.05) is 50.2 Å². The third-order valence-corrected chi connectivity index (χ3v) is 5.78. The van der Waals surface area contributed by atoms with Gasteiger partial charge in [0.15, 0.2) is 0 Å². The van der Waals surface area contributed by atoms with E-state index in [-0.39, 0.29) is 11.0 Å². The van der Waals surface area contributed by atoms with E-state index in [1.54, 1.807) is 0 Å². The summed E-state index contributed by atoms with van der Waals surface area (Å²) in [5.74, 6) is 0.517. The first-order valence-corrected chi connectivity index (χ1v) is 8.69. The highest BCUT2D eigenvalue weighted by atomic mass is 16.1. The molecule has 2 heteroatoms. The molecule has 24 heavy (non-hydrogen) atoms. The molecule has 0 bridgehead atoms. The maximum atomic E-state index is 12.0. The van der Waals surface area contributed by atoms with Gasteiger partial charge in [0.1, 0.15) is 0 Å². The van der Waals surface area contributed by atoms with E-state index in [9.17, 15) is 4.79 Å². The second-order valence-electron chi connectivity index (χ2n) is 7.60. The van der Waals surface area contributed by atoms with Crippen molar-refractivity contribution in [1.29, 1.82) is 0 Å². The Morgan fingerprint density at radius 2 is 1.88 bits per heavy atom. The Morgan fingerprint density at radius 1 is 1.08 bits per heavy atom.